The van der Waals surface area contributed by atoms with Crippen molar-refractivity contribution in [3.05, 3.63) is 27.7 Å². The zero-order valence-corrected chi connectivity index (χ0v) is 10.9. The van der Waals surface area contributed by atoms with Gasteiger partial charge in [-0.25, -0.2) is 4.79 Å². The Kier molecular flexibility index (Phi) is 4.42. The van der Waals surface area contributed by atoms with Crippen molar-refractivity contribution in [2.75, 3.05) is 18.9 Å². The normalized spacial score (nSPS) is 9.87. The standard InChI is InChI=1S/C10H12BrClN2O/c1-3-14(2)10(15)13-8-6-4-5-7(12)9(8)11/h4-6H,3H2,1-2H3,(H,13,15). The first-order valence-corrected chi connectivity index (χ1v) is 5.69. The molecule has 0 radical (unpaired) electrons. The Labute approximate surface area is 103 Å². The summed E-state index contributed by atoms with van der Waals surface area (Å²) in [6.45, 7) is 2.57. The summed E-state index contributed by atoms with van der Waals surface area (Å²) >= 11 is 9.21. The number of halogens is 2. The van der Waals surface area contributed by atoms with E-state index in [-0.39, 0.29) is 6.03 Å². The number of nitrogens with one attached hydrogen (secondary N) is 1. The van der Waals surface area contributed by atoms with E-state index in [1.807, 2.05) is 6.92 Å². The molecule has 0 aromatic heterocycles. The van der Waals surface area contributed by atoms with Crippen LogP contribution in [0.4, 0.5) is 10.5 Å². The van der Waals surface area contributed by atoms with E-state index >= 15 is 0 Å². The molecule has 0 heterocycles. The lowest BCUT2D eigenvalue weighted by atomic mass is 10.3. The minimum Gasteiger partial charge on any atom is -0.328 e. The van der Waals surface area contributed by atoms with Crippen LogP contribution in [0.25, 0.3) is 0 Å². The Balaban J connectivity index is 2.81. The van der Waals surface area contributed by atoms with Gasteiger partial charge in [0, 0.05) is 13.6 Å². The quantitative estimate of drug-likeness (QED) is 0.887. The lowest BCUT2D eigenvalue weighted by Gasteiger charge is -2.16. The van der Waals surface area contributed by atoms with Crippen LogP contribution < -0.4 is 5.32 Å². The van der Waals surface area contributed by atoms with Crippen LogP contribution in [0.2, 0.25) is 5.02 Å². The molecule has 0 fully saturated rings. The van der Waals surface area contributed by atoms with Gasteiger partial charge in [0.1, 0.15) is 0 Å². The molecular weight excluding hydrogens is 279 g/mol. The molecular formula is C10H12BrClN2O. The summed E-state index contributed by atoms with van der Waals surface area (Å²) in [6.07, 6.45) is 0. The van der Waals surface area contributed by atoms with Gasteiger partial charge in [-0.05, 0) is 35.0 Å². The first kappa shape index (κ1) is 12.3. The third kappa shape index (κ3) is 3.11. The molecule has 82 valence electrons. The van der Waals surface area contributed by atoms with Crippen LogP contribution in [0, 0.1) is 0 Å². The molecule has 1 aromatic rings. The lowest BCUT2D eigenvalue weighted by molar-refractivity contribution is 0.224. The van der Waals surface area contributed by atoms with Gasteiger partial charge in [-0.2, -0.15) is 0 Å². The van der Waals surface area contributed by atoms with Gasteiger partial charge >= 0.3 is 6.03 Å². The van der Waals surface area contributed by atoms with Crippen LogP contribution in [0.5, 0.6) is 0 Å². The Hall–Kier alpha value is -0.740. The third-order valence-electron chi connectivity index (χ3n) is 2.01. The fourth-order valence-electron chi connectivity index (χ4n) is 0.955. The van der Waals surface area contributed by atoms with Crippen molar-refractivity contribution >= 4 is 39.2 Å². The Morgan fingerprint density at radius 3 is 2.87 bits per heavy atom. The highest BCUT2D eigenvalue weighted by Gasteiger charge is 2.09. The van der Waals surface area contributed by atoms with Crippen molar-refractivity contribution < 1.29 is 4.79 Å². The van der Waals surface area contributed by atoms with Crippen molar-refractivity contribution in [1.29, 1.82) is 0 Å². The molecule has 3 nitrogen and oxygen atoms in total. The zero-order valence-electron chi connectivity index (χ0n) is 8.55. The van der Waals surface area contributed by atoms with Gasteiger partial charge in [0.15, 0.2) is 0 Å². The molecule has 1 N–H and O–H groups in total. The smallest absolute Gasteiger partial charge is 0.321 e. The fourth-order valence-corrected chi connectivity index (χ4v) is 1.49. The highest BCUT2D eigenvalue weighted by Crippen LogP contribution is 2.30. The summed E-state index contributed by atoms with van der Waals surface area (Å²) in [7, 11) is 1.73. The number of anilines is 1. The number of benzene rings is 1. The summed E-state index contributed by atoms with van der Waals surface area (Å²) in [5, 5.41) is 3.33. The van der Waals surface area contributed by atoms with Crippen LogP contribution in [-0.4, -0.2) is 24.5 Å². The number of amides is 2. The molecule has 1 aromatic carbocycles. The van der Waals surface area contributed by atoms with E-state index < -0.39 is 0 Å². The van der Waals surface area contributed by atoms with Crippen LogP contribution in [0.1, 0.15) is 6.92 Å². The number of rotatable bonds is 2. The van der Waals surface area contributed by atoms with E-state index in [2.05, 4.69) is 21.2 Å². The van der Waals surface area contributed by atoms with Crippen LogP contribution in [0.15, 0.2) is 22.7 Å². The fraction of sp³-hybridized carbons (Fsp3) is 0.300. The Morgan fingerprint density at radius 1 is 1.60 bits per heavy atom. The SMILES string of the molecule is CCN(C)C(=O)Nc1cccc(Cl)c1Br. The topological polar surface area (TPSA) is 32.3 Å². The van der Waals surface area contributed by atoms with Gasteiger partial charge in [0.2, 0.25) is 0 Å². The third-order valence-corrected chi connectivity index (χ3v) is 3.41. The second-order valence-corrected chi connectivity index (χ2v) is 4.25. The molecule has 0 unspecified atom stereocenters. The van der Waals surface area contributed by atoms with Crippen LogP contribution in [-0.2, 0) is 0 Å². The van der Waals surface area contributed by atoms with Crippen molar-refractivity contribution in [3.63, 3.8) is 0 Å². The van der Waals surface area contributed by atoms with E-state index in [0.717, 1.165) is 0 Å². The molecule has 15 heavy (non-hydrogen) atoms. The molecule has 0 bridgehead atoms. The second-order valence-electron chi connectivity index (χ2n) is 3.05. The summed E-state index contributed by atoms with van der Waals surface area (Å²) in [5.41, 5.74) is 0.674. The van der Waals surface area contributed by atoms with Crippen LogP contribution in [0.3, 0.4) is 0 Å². The van der Waals surface area contributed by atoms with Gasteiger partial charge in [0.25, 0.3) is 0 Å². The average Bonchev–Trinajstić information content (AvgIpc) is 2.23. The van der Waals surface area contributed by atoms with Gasteiger partial charge < -0.3 is 10.2 Å². The summed E-state index contributed by atoms with van der Waals surface area (Å²) < 4.78 is 0.699. The first-order valence-electron chi connectivity index (χ1n) is 4.52. The highest BCUT2D eigenvalue weighted by molar-refractivity contribution is 9.10. The zero-order chi connectivity index (χ0) is 11.4. The largest absolute Gasteiger partial charge is 0.328 e. The highest BCUT2D eigenvalue weighted by atomic mass is 79.9. The predicted octanol–water partition coefficient (Wildman–Crippen LogP) is 3.59. The number of carbonyl (C=O) groups is 1. The van der Waals surface area contributed by atoms with E-state index in [1.54, 1.807) is 30.1 Å². The maximum Gasteiger partial charge on any atom is 0.321 e. The minimum atomic E-state index is -0.152. The van der Waals surface area contributed by atoms with Gasteiger partial charge in [-0.3, -0.25) is 0 Å². The van der Waals surface area contributed by atoms with Gasteiger partial charge in [-0.1, -0.05) is 17.7 Å². The molecule has 0 saturated heterocycles. The molecule has 0 spiro atoms. The molecule has 0 aliphatic carbocycles. The summed E-state index contributed by atoms with van der Waals surface area (Å²) in [5.74, 6) is 0. The molecule has 0 atom stereocenters. The van der Waals surface area contributed by atoms with Crippen molar-refractivity contribution in [1.82, 2.24) is 4.90 Å². The van der Waals surface area contributed by atoms with E-state index in [1.165, 1.54) is 0 Å². The van der Waals surface area contributed by atoms with Gasteiger partial charge in [-0.15, -0.1) is 0 Å². The van der Waals surface area contributed by atoms with Crippen LogP contribution >= 0.6 is 27.5 Å². The minimum absolute atomic E-state index is 0.152. The Morgan fingerprint density at radius 2 is 2.27 bits per heavy atom. The van der Waals surface area contributed by atoms with E-state index in [0.29, 0.717) is 21.7 Å². The lowest BCUT2D eigenvalue weighted by Crippen LogP contribution is -2.31. The van der Waals surface area contributed by atoms with Crippen molar-refractivity contribution in [3.8, 4) is 0 Å². The maximum absolute atomic E-state index is 11.6. The van der Waals surface area contributed by atoms with Crippen molar-refractivity contribution in [2.24, 2.45) is 0 Å². The monoisotopic (exact) mass is 290 g/mol. The molecule has 2 amide bonds. The first-order chi connectivity index (χ1) is 7.06. The predicted molar refractivity (Wildman–Crippen MR) is 66.5 cm³/mol. The molecule has 1 rings (SSSR count). The van der Waals surface area contributed by atoms with Crippen molar-refractivity contribution in [2.45, 2.75) is 6.92 Å². The average molecular weight is 292 g/mol. The Bertz CT molecular complexity index is 370. The maximum atomic E-state index is 11.6. The van der Waals surface area contributed by atoms with E-state index in [9.17, 15) is 4.79 Å². The molecule has 0 aliphatic rings. The second kappa shape index (κ2) is 5.37. The van der Waals surface area contributed by atoms with Gasteiger partial charge in [0.05, 0.1) is 15.2 Å². The number of hydrogen-bond acceptors (Lipinski definition) is 1. The number of carbonyl (C=O) groups excluding carboxylic acids is 1. The summed E-state index contributed by atoms with van der Waals surface area (Å²) in [4.78, 5) is 13.1. The number of hydrogen-bond donors (Lipinski definition) is 1. The van der Waals surface area contributed by atoms with E-state index in [4.69, 9.17) is 11.6 Å². The summed E-state index contributed by atoms with van der Waals surface area (Å²) in [6, 6.07) is 5.18. The molecule has 0 saturated carbocycles. The number of nitrogens with zero attached hydrogens (tertiary/aromatic N) is 1. The molecule has 5 heteroatoms. The number of urea groups is 1. The molecule has 0 aliphatic heterocycles.